The highest BCUT2D eigenvalue weighted by molar-refractivity contribution is 5.75. The third kappa shape index (κ3) is 3.32. The van der Waals surface area contributed by atoms with E-state index in [0.717, 1.165) is 22.5 Å². The van der Waals surface area contributed by atoms with Crippen LogP contribution >= 0.6 is 0 Å². The van der Waals surface area contributed by atoms with E-state index >= 15 is 0 Å². The zero-order valence-electron chi connectivity index (χ0n) is 11.7. The smallest absolute Gasteiger partial charge is 0.300 e. The molecule has 3 rings (SSSR count). The third-order valence-corrected chi connectivity index (χ3v) is 2.96. The van der Waals surface area contributed by atoms with Crippen molar-refractivity contribution in [2.45, 2.75) is 0 Å². The molecule has 0 aliphatic carbocycles. The first kappa shape index (κ1) is 13.5. The summed E-state index contributed by atoms with van der Waals surface area (Å²) in [5.41, 5.74) is 2.49. The summed E-state index contributed by atoms with van der Waals surface area (Å²) in [5.74, 6) is 0.801. The van der Waals surface area contributed by atoms with Crippen molar-refractivity contribution >= 4 is 22.8 Å². The Hall–Kier alpha value is -2.53. The van der Waals surface area contributed by atoms with Crippen LogP contribution in [-0.2, 0) is 4.74 Å². The molecule has 0 fully saturated rings. The number of para-hydroxylation sites is 2. The summed E-state index contributed by atoms with van der Waals surface area (Å²) in [5, 5.41) is 3.13. The average molecular weight is 284 g/mol. The van der Waals surface area contributed by atoms with Crippen molar-refractivity contribution < 1.29 is 13.9 Å². The van der Waals surface area contributed by atoms with Crippen LogP contribution < -0.4 is 10.1 Å². The van der Waals surface area contributed by atoms with Gasteiger partial charge in [0.15, 0.2) is 5.58 Å². The number of methoxy groups -OCH3 is 1. The van der Waals surface area contributed by atoms with E-state index in [-0.39, 0.29) is 0 Å². The van der Waals surface area contributed by atoms with Gasteiger partial charge in [-0.15, -0.1) is 0 Å². The second-order valence-corrected chi connectivity index (χ2v) is 4.48. The van der Waals surface area contributed by atoms with Crippen LogP contribution in [0.2, 0.25) is 0 Å². The molecule has 0 saturated carbocycles. The molecule has 2 aromatic carbocycles. The van der Waals surface area contributed by atoms with Crippen LogP contribution in [0, 0.1) is 0 Å². The molecule has 0 unspecified atom stereocenters. The zero-order valence-corrected chi connectivity index (χ0v) is 11.7. The molecule has 5 heteroatoms. The quantitative estimate of drug-likeness (QED) is 0.701. The summed E-state index contributed by atoms with van der Waals surface area (Å²) >= 11 is 0. The summed E-state index contributed by atoms with van der Waals surface area (Å²) < 4.78 is 16.1. The summed E-state index contributed by atoms with van der Waals surface area (Å²) in [6.07, 6.45) is 0. The molecular weight excluding hydrogens is 268 g/mol. The number of fused-ring (bicyclic) bond motifs is 1. The Bertz CT molecular complexity index is 674. The lowest BCUT2D eigenvalue weighted by Crippen LogP contribution is -2.04. The number of anilines is 2. The Morgan fingerprint density at radius 1 is 1.05 bits per heavy atom. The van der Waals surface area contributed by atoms with Crippen LogP contribution in [0.15, 0.2) is 52.9 Å². The van der Waals surface area contributed by atoms with Crippen molar-refractivity contribution in [3.8, 4) is 5.75 Å². The maximum Gasteiger partial charge on any atom is 0.300 e. The van der Waals surface area contributed by atoms with Gasteiger partial charge in [-0.05, 0) is 36.4 Å². The van der Waals surface area contributed by atoms with Crippen molar-refractivity contribution in [2.24, 2.45) is 0 Å². The van der Waals surface area contributed by atoms with E-state index in [1.165, 1.54) is 0 Å². The molecular formula is C16H16N2O3. The normalized spacial score (nSPS) is 10.7. The van der Waals surface area contributed by atoms with E-state index in [1.54, 1.807) is 7.11 Å². The molecule has 0 spiro atoms. The minimum atomic E-state index is 0.476. The van der Waals surface area contributed by atoms with Crippen LogP contribution in [0.5, 0.6) is 5.75 Å². The van der Waals surface area contributed by atoms with Gasteiger partial charge in [-0.25, -0.2) is 0 Å². The van der Waals surface area contributed by atoms with Gasteiger partial charge in [0.1, 0.15) is 17.9 Å². The first-order chi connectivity index (χ1) is 10.3. The van der Waals surface area contributed by atoms with Crippen LogP contribution in [0.25, 0.3) is 11.1 Å². The zero-order chi connectivity index (χ0) is 14.5. The highest BCUT2D eigenvalue weighted by Gasteiger charge is 2.05. The third-order valence-electron chi connectivity index (χ3n) is 2.96. The van der Waals surface area contributed by atoms with Crippen LogP contribution in [0.4, 0.5) is 11.7 Å². The molecule has 5 nitrogen and oxygen atoms in total. The Morgan fingerprint density at radius 3 is 2.62 bits per heavy atom. The van der Waals surface area contributed by atoms with Gasteiger partial charge in [-0.2, -0.15) is 4.98 Å². The van der Waals surface area contributed by atoms with Crippen molar-refractivity contribution in [1.82, 2.24) is 4.98 Å². The minimum Gasteiger partial charge on any atom is -0.491 e. The number of hydrogen-bond donors (Lipinski definition) is 1. The lowest BCUT2D eigenvalue weighted by molar-refractivity contribution is 0.146. The fourth-order valence-corrected chi connectivity index (χ4v) is 1.93. The van der Waals surface area contributed by atoms with Crippen molar-refractivity contribution in [3.05, 3.63) is 48.5 Å². The number of oxazole rings is 1. The largest absolute Gasteiger partial charge is 0.491 e. The monoisotopic (exact) mass is 284 g/mol. The Kier molecular flexibility index (Phi) is 4.02. The molecule has 0 bridgehead atoms. The highest BCUT2D eigenvalue weighted by atomic mass is 16.5. The maximum atomic E-state index is 5.61. The van der Waals surface area contributed by atoms with Crippen LogP contribution in [-0.4, -0.2) is 25.3 Å². The molecule has 1 N–H and O–H groups in total. The molecule has 21 heavy (non-hydrogen) atoms. The topological polar surface area (TPSA) is 56.5 Å². The SMILES string of the molecule is COCCOc1ccc(Nc2nc3ccccc3o2)cc1. The van der Waals surface area contributed by atoms with Crippen molar-refractivity contribution in [3.63, 3.8) is 0 Å². The second kappa shape index (κ2) is 6.28. The second-order valence-electron chi connectivity index (χ2n) is 4.48. The predicted octanol–water partition coefficient (Wildman–Crippen LogP) is 3.60. The Balaban J connectivity index is 1.67. The maximum absolute atomic E-state index is 5.61. The fraction of sp³-hybridized carbons (Fsp3) is 0.188. The van der Waals surface area contributed by atoms with E-state index in [1.807, 2.05) is 48.5 Å². The van der Waals surface area contributed by atoms with Crippen LogP contribution in [0.1, 0.15) is 0 Å². The number of ether oxygens (including phenoxy) is 2. The van der Waals surface area contributed by atoms with E-state index < -0.39 is 0 Å². The molecule has 0 saturated heterocycles. The van der Waals surface area contributed by atoms with Gasteiger partial charge in [0.25, 0.3) is 6.01 Å². The number of rotatable bonds is 6. The van der Waals surface area contributed by atoms with Crippen molar-refractivity contribution in [2.75, 3.05) is 25.6 Å². The van der Waals surface area contributed by atoms with E-state index in [2.05, 4.69) is 10.3 Å². The lowest BCUT2D eigenvalue weighted by atomic mass is 10.3. The molecule has 0 aliphatic rings. The van der Waals surface area contributed by atoms with Crippen molar-refractivity contribution in [1.29, 1.82) is 0 Å². The molecule has 108 valence electrons. The standard InChI is InChI=1S/C16H16N2O3/c1-19-10-11-20-13-8-6-12(7-9-13)17-16-18-14-4-2-3-5-15(14)21-16/h2-9H,10-11H2,1H3,(H,17,18). The fourth-order valence-electron chi connectivity index (χ4n) is 1.93. The number of nitrogens with one attached hydrogen (secondary N) is 1. The summed E-state index contributed by atoms with van der Waals surface area (Å²) in [6.45, 7) is 1.11. The van der Waals surface area contributed by atoms with Gasteiger partial charge in [0, 0.05) is 12.8 Å². The Morgan fingerprint density at radius 2 is 1.86 bits per heavy atom. The molecule has 0 atom stereocenters. The van der Waals surface area contributed by atoms with Gasteiger partial charge in [0.05, 0.1) is 6.61 Å². The summed E-state index contributed by atoms with van der Waals surface area (Å²) in [4.78, 5) is 4.37. The van der Waals surface area contributed by atoms with Gasteiger partial charge in [-0.3, -0.25) is 0 Å². The molecule has 0 amide bonds. The van der Waals surface area contributed by atoms with Crippen LogP contribution in [0.3, 0.4) is 0 Å². The molecule has 0 radical (unpaired) electrons. The van der Waals surface area contributed by atoms with Gasteiger partial charge in [-0.1, -0.05) is 12.1 Å². The summed E-state index contributed by atoms with van der Waals surface area (Å²) in [7, 11) is 1.65. The lowest BCUT2D eigenvalue weighted by Gasteiger charge is -2.06. The van der Waals surface area contributed by atoms with Gasteiger partial charge < -0.3 is 19.2 Å². The van der Waals surface area contributed by atoms with E-state index in [4.69, 9.17) is 13.9 Å². The summed E-state index contributed by atoms with van der Waals surface area (Å²) in [6, 6.07) is 15.7. The number of benzene rings is 2. The van der Waals surface area contributed by atoms with Gasteiger partial charge >= 0.3 is 0 Å². The minimum absolute atomic E-state index is 0.476. The molecule has 1 heterocycles. The number of hydrogen-bond acceptors (Lipinski definition) is 5. The number of nitrogens with zero attached hydrogens (tertiary/aromatic N) is 1. The first-order valence-corrected chi connectivity index (χ1v) is 6.69. The van der Waals surface area contributed by atoms with E-state index in [9.17, 15) is 0 Å². The predicted molar refractivity (Wildman–Crippen MR) is 81.1 cm³/mol. The Labute approximate surface area is 122 Å². The average Bonchev–Trinajstić information content (AvgIpc) is 2.91. The van der Waals surface area contributed by atoms with Gasteiger partial charge in [0.2, 0.25) is 0 Å². The number of aromatic nitrogens is 1. The first-order valence-electron chi connectivity index (χ1n) is 6.69. The highest BCUT2D eigenvalue weighted by Crippen LogP contribution is 2.23. The van der Waals surface area contributed by atoms with E-state index in [0.29, 0.717) is 19.2 Å². The molecule has 0 aliphatic heterocycles. The molecule has 3 aromatic rings. The molecule has 1 aromatic heterocycles.